The van der Waals surface area contributed by atoms with Gasteiger partial charge in [-0.1, -0.05) is 24.0 Å². The van der Waals surface area contributed by atoms with Gasteiger partial charge in [-0.2, -0.15) is 0 Å². The van der Waals surface area contributed by atoms with Gasteiger partial charge in [-0.15, -0.1) is 0 Å². The van der Waals surface area contributed by atoms with Crippen LogP contribution in [0.1, 0.15) is 75.4 Å². The summed E-state index contributed by atoms with van der Waals surface area (Å²) in [6.07, 6.45) is 7.08. The molecular formula is C28H24O4. The second kappa shape index (κ2) is 8.21. The van der Waals surface area contributed by atoms with E-state index >= 15 is 0 Å². The smallest absolute Gasteiger partial charge is 0.336 e. The number of rotatable bonds is 3. The van der Waals surface area contributed by atoms with Gasteiger partial charge in [-0.25, -0.2) is 9.59 Å². The molecule has 4 bridgehead atoms. The van der Waals surface area contributed by atoms with Crippen molar-refractivity contribution in [1.29, 1.82) is 0 Å². The first kappa shape index (κ1) is 20.4. The molecule has 0 amide bonds. The Balaban J connectivity index is 1.30. The molecule has 4 aliphatic rings. The van der Waals surface area contributed by atoms with Crippen LogP contribution in [0, 0.1) is 47.4 Å². The molecule has 160 valence electrons. The van der Waals surface area contributed by atoms with E-state index in [1.165, 1.54) is 49.8 Å². The van der Waals surface area contributed by atoms with Crippen LogP contribution in [0.15, 0.2) is 42.5 Å². The van der Waals surface area contributed by atoms with Crippen LogP contribution in [0.25, 0.3) is 0 Å². The van der Waals surface area contributed by atoms with Gasteiger partial charge in [0.25, 0.3) is 0 Å². The highest BCUT2D eigenvalue weighted by Crippen LogP contribution is 2.59. The molecule has 0 atom stereocenters. The maximum absolute atomic E-state index is 11.4. The van der Waals surface area contributed by atoms with Crippen molar-refractivity contribution >= 4 is 11.9 Å². The Kier molecular flexibility index (Phi) is 5.24. The third-order valence-corrected chi connectivity index (χ3v) is 7.49. The summed E-state index contributed by atoms with van der Waals surface area (Å²) in [5, 5.41) is 18.4. The molecule has 0 radical (unpaired) electrons. The average Bonchev–Trinajstić information content (AvgIpc) is 2.76. The fourth-order valence-corrected chi connectivity index (χ4v) is 6.42. The standard InChI is InChI=1S/C28H24O4/c29-27(30)22-10-9-20(25(16-22)28(31)32)4-2-1-3-17-5-7-21(8-6-17)26-23-12-18-11-19(14-23)15-24(26)13-18/h5-10,16,18-19,23-24,26H,11-15H2,(H,29,30)(H,31,32). The summed E-state index contributed by atoms with van der Waals surface area (Å²) in [6.45, 7) is 0. The zero-order valence-corrected chi connectivity index (χ0v) is 17.7. The molecule has 4 nitrogen and oxygen atoms in total. The van der Waals surface area contributed by atoms with Crippen LogP contribution in [0.3, 0.4) is 0 Å². The Bertz CT molecular complexity index is 1170. The molecule has 6 rings (SSSR count). The van der Waals surface area contributed by atoms with Crippen molar-refractivity contribution < 1.29 is 19.8 Å². The average molecular weight is 424 g/mol. The summed E-state index contributed by atoms with van der Waals surface area (Å²) in [6, 6.07) is 12.4. The van der Waals surface area contributed by atoms with Crippen LogP contribution in [0.4, 0.5) is 0 Å². The monoisotopic (exact) mass is 424 g/mol. The number of carbonyl (C=O) groups is 2. The van der Waals surface area contributed by atoms with Gasteiger partial charge in [0.05, 0.1) is 11.1 Å². The number of carboxylic acid groups (broad SMARTS) is 2. The zero-order valence-electron chi connectivity index (χ0n) is 17.7. The summed E-state index contributed by atoms with van der Waals surface area (Å²) < 4.78 is 0. The molecule has 0 aromatic heterocycles. The van der Waals surface area contributed by atoms with E-state index in [9.17, 15) is 14.7 Å². The van der Waals surface area contributed by atoms with Gasteiger partial charge in [0.1, 0.15) is 0 Å². The molecule has 2 N–H and O–H groups in total. The van der Waals surface area contributed by atoms with E-state index < -0.39 is 11.9 Å². The molecule has 4 heteroatoms. The molecule has 32 heavy (non-hydrogen) atoms. The van der Waals surface area contributed by atoms with Gasteiger partial charge in [0, 0.05) is 11.1 Å². The highest BCUT2D eigenvalue weighted by atomic mass is 16.4. The molecule has 0 unspecified atom stereocenters. The van der Waals surface area contributed by atoms with Gasteiger partial charge < -0.3 is 10.2 Å². The summed E-state index contributed by atoms with van der Waals surface area (Å²) in [5.41, 5.74) is 2.35. The van der Waals surface area contributed by atoms with Gasteiger partial charge in [-0.3, -0.25) is 0 Å². The van der Waals surface area contributed by atoms with Gasteiger partial charge in [-0.05, 0) is 109 Å². The second-order valence-electron chi connectivity index (χ2n) is 9.45. The van der Waals surface area contributed by atoms with Crippen LogP contribution in [-0.2, 0) is 0 Å². The minimum atomic E-state index is -1.22. The van der Waals surface area contributed by atoms with Gasteiger partial charge in [0.15, 0.2) is 0 Å². The summed E-state index contributed by atoms with van der Waals surface area (Å²) in [7, 11) is 0. The third kappa shape index (κ3) is 3.90. The first-order valence-corrected chi connectivity index (χ1v) is 11.2. The van der Waals surface area contributed by atoms with E-state index in [2.05, 4.69) is 47.9 Å². The highest BCUT2D eigenvalue weighted by molar-refractivity contribution is 5.95. The molecule has 4 fully saturated rings. The molecule has 0 heterocycles. The fourth-order valence-electron chi connectivity index (χ4n) is 6.42. The van der Waals surface area contributed by atoms with E-state index in [4.69, 9.17) is 5.11 Å². The molecule has 4 aliphatic carbocycles. The Labute approximate surface area is 187 Å². The van der Waals surface area contributed by atoms with Crippen molar-refractivity contribution in [2.75, 3.05) is 0 Å². The Hall–Kier alpha value is -3.50. The topological polar surface area (TPSA) is 74.6 Å². The minimum Gasteiger partial charge on any atom is -0.478 e. The number of hydrogen-bond donors (Lipinski definition) is 2. The normalized spacial score (nSPS) is 27.1. The van der Waals surface area contributed by atoms with E-state index in [1.807, 2.05) is 0 Å². The first-order chi connectivity index (χ1) is 15.5. The van der Waals surface area contributed by atoms with E-state index in [-0.39, 0.29) is 16.7 Å². The quantitative estimate of drug-likeness (QED) is 0.678. The van der Waals surface area contributed by atoms with Gasteiger partial charge >= 0.3 is 11.9 Å². The third-order valence-electron chi connectivity index (χ3n) is 7.49. The van der Waals surface area contributed by atoms with E-state index in [0.717, 1.165) is 35.3 Å². The first-order valence-electron chi connectivity index (χ1n) is 11.2. The van der Waals surface area contributed by atoms with Crippen LogP contribution in [0.5, 0.6) is 0 Å². The van der Waals surface area contributed by atoms with Crippen molar-refractivity contribution in [2.45, 2.75) is 38.0 Å². The van der Waals surface area contributed by atoms with Crippen molar-refractivity contribution in [1.82, 2.24) is 0 Å². The predicted molar refractivity (Wildman–Crippen MR) is 120 cm³/mol. The number of benzene rings is 2. The molecule has 2 aromatic rings. The molecular weight excluding hydrogens is 400 g/mol. The van der Waals surface area contributed by atoms with Crippen molar-refractivity contribution in [3.05, 3.63) is 70.3 Å². The SMILES string of the molecule is O=C(O)c1ccc(C#CC#Cc2ccc(C3C4CC5CC(C4)CC3C5)cc2)c(C(=O)O)c1. The van der Waals surface area contributed by atoms with Crippen molar-refractivity contribution in [2.24, 2.45) is 23.7 Å². The zero-order chi connectivity index (χ0) is 22.2. The number of aromatic carboxylic acids is 2. The summed E-state index contributed by atoms with van der Waals surface area (Å²) in [4.78, 5) is 22.5. The minimum absolute atomic E-state index is 0.0849. The Morgan fingerprint density at radius 1 is 0.750 bits per heavy atom. The van der Waals surface area contributed by atoms with Gasteiger partial charge in [0.2, 0.25) is 0 Å². The van der Waals surface area contributed by atoms with E-state index in [0.29, 0.717) is 5.92 Å². The largest absolute Gasteiger partial charge is 0.478 e. The predicted octanol–water partition coefficient (Wildman–Crippen LogP) is 5.03. The van der Waals surface area contributed by atoms with Crippen LogP contribution < -0.4 is 0 Å². The molecule has 0 aliphatic heterocycles. The highest BCUT2D eigenvalue weighted by Gasteiger charge is 2.48. The lowest BCUT2D eigenvalue weighted by atomic mass is 9.51. The van der Waals surface area contributed by atoms with Crippen LogP contribution in [0.2, 0.25) is 0 Å². The second-order valence-corrected chi connectivity index (χ2v) is 9.45. The molecule has 2 aromatic carbocycles. The molecule has 0 saturated heterocycles. The van der Waals surface area contributed by atoms with E-state index in [1.54, 1.807) is 0 Å². The Morgan fingerprint density at radius 3 is 1.97 bits per heavy atom. The summed E-state index contributed by atoms with van der Waals surface area (Å²) >= 11 is 0. The number of carboxylic acids is 2. The lowest BCUT2D eigenvalue weighted by Crippen LogP contribution is -2.43. The summed E-state index contributed by atoms with van der Waals surface area (Å²) in [5.74, 6) is 13.2. The van der Waals surface area contributed by atoms with Crippen molar-refractivity contribution in [3.8, 4) is 23.7 Å². The lowest BCUT2D eigenvalue weighted by Gasteiger charge is -2.54. The fraction of sp³-hybridized carbons (Fsp3) is 0.357. The van der Waals surface area contributed by atoms with Crippen LogP contribution in [-0.4, -0.2) is 22.2 Å². The number of hydrogen-bond acceptors (Lipinski definition) is 2. The maximum Gasteiger partial charge on any atom is 0.336 e. The molecule has 0 spiro atoms. The van der Waals surface area contributed by atoms with Crippen LogP contribution >= 0.6 is 0 Å². The Morgan fingerprint density at radius 2 is 1.38 bits per heavy atom. The maximum atomic E-state index is 11.4. The van der Waals surface area contributed by atoms with Crippen molar-refractivity contribution in [3.63, 3.8) is 0 Å². The lowest BCUT2D eigenvalue weighted by molar-refractivity contribution is -0.00278. The molecule has 4 saturated carbocycles.